The minimum absolute atomic E-state index is 0.0739. The summed E-state index contributed by atoms with van der Waals surface area (Å²) in [6.07, 6.45) is -0.675. The number of sulfonamides is 1. The number of carbonyl (C=O) groups is 1. The predicted octanol–water partition coefficient (Wildman–Crippen LogP) is 3.50. The Hall–Kier alpha value is -3.84. The first-order valence-corrected chi connectivity index (χ1v) is 13.5. The molecule has 4 aromatic rings. The highest BCUT2D eigenvalue weighted by Gasteiger charge is 2.43. The zero-order valence-electron chi connectivity index (χ0n) is 20.3. The van der Waals surface area contributed by atoms with Crippen molar-refractivity contribution in [3.05, 3.63) is 77.2 Å². The number of carbonyl (C=O) groups excluding carboxylic acids is 1. The van der Waals surface area contributed by atoms with Crippen LogP contribution < -0.4 is 5.32 Å². The number of hydrogen-bond acceptors (Lipinski definition) is 6. The summed E-state index contributed by atoms with van der Waals surface area (Å²) < 4.78 is 66.9. The number of aromatic amines is 1. The van der Waals surface area contributed by atoms with Gasteiger partial charge >= 0.3 is 6.18 Å². The third-order valence-electron chi connectivity index (χ3n) is 6.59. The molecule has 2 N–H and O–H groups in total. The lowest BCUT2D eigenvalue weighted by molar-refractivity contribution is -0.138. The van der Waals surface area contributed by atoms with E-state index in [2.05, 4.69) is 25.5 Å². The molecule has 0 radical (unpaired) electrons. The van der Waals surface area contributed by atoms with Gasteiger partial charge in [0.1, 0.15) is 5.69 Å². The monoisotopic (exact) mass is 544 g/mol. The number of rotatable bonds is 5. The fraction of sp³-hybridized carbons (Fsp3) is 0.280. The van der Waals surface area contributed by atoms with E-state index in [1.165, 1.54) is 24.4 Å². The minimum atomic E-state index is -4.64. The lowest BCUT2D eigenvalue weighted by Crippen LogP contribution is -2.40. The molecule has 9 nitrogen and oxygen atoms in total. The highest BCUT2D eigenvalue weighted by Crippen LogP contribution is 2.39. The summed E-state index contributed by atoms with van der Waals surface area (Å²) in [6, 6.07) is 9.32. The second-order valence-corrected chi connectivity index (χ2v) is 11.2. The van der Waals surface area contributed by atoms with Gasteiger partial charge in [0.2, 0.25) is 10.0 Å². The molecule has 4 heterocycles. The summed E-state index contributed by atoms with van der Waals surface area (Å²) in [7, 11) is -3.72. The molecule has 198 valence electrons. The molecule has 38 heavy (non-hydrogen) atoms. The number of H-pyrrole nitrogens is 1. The van der Waals surface area contributed by atoms with Gasteiger partial charge in [-0.1, -0.05) is 18.2 Å². The summed E-state index contributed by atoms with van der Waals surface area (Å²) in [6.45, 7) is 1.48. The second-order valence-electron chi connectivity index (χ2n) is 9.23. The average Bonchev–Trinajstić information content (AvgIpc) is 3.47. The molecule has 0 unspecified atom stereocenters. The quantitative estimate of drug-likeness (QED) is 0.397. The number of benzene rings is 1. The average molecular weight is 545 g/mol. The molecule has 0 saturated carbocycles. The van der Waals surface area contributed by atoms with Crippen molar-refractivity contribution in [3.8, 4) is 11.3 Å². The van der Waals surface area contributed by atoms with Gasteiger partial charge in [-0.25, -0.2) is 13.4 Å². The fourth-order valence-corrected chi connectivity index (χ4v) is 5.63. The number of aromatic nitrogens is 4. The molecular weight excluding hydrogens is 521 g/mol. The number of aryl methyl sites for hydroxylation is 1. The van der Waals surface area contributed by atoms with Gasteiger partial charge in [0, 0.05) is 48.0 Å². The van der Waals surface area contributed by atoms with Crippen LogP contribution in [-0.4, -0.2) is 64.2 Å². The normalized spacial score (nSPS) is 18.7. The Kier molecular flexibility index (Phi) is 6.43. The molecular formula is C25H23F3N6O3S. The first-order chi connectivity index (χ1) is 17.9. The van der Waals surface area contributed by atoms with Gasteiger partial charge in [-0.15, -0.1) is 0 Å². The number of fused-ring (bicyclic) bond motifs is 1. The zero-order valence-corrected chi connectivity index (χ0v) is 21.1. The van der Waals surface area contributed by atoms with Crippen LogP contribution in [0.5, 0.6) is 0 Å². The molecule has 3 aromatic heterocycles. The number of nitrogens with zero attached hydrogens (tertiary/aromatic N) is 4. The number of nitrogens with one attached hydrogen (secondary N) is 2. The van der Waals surface area contributed by atoms with Crippen LogP contribution in [0.4, 0.5) is 13.2 Å². The van der Waals surface area contributed by atoms with Crippen molar-refractivity contribution < 1.29 is 26.4 Å². The molecule has 13 heteroatoms. The summed E-state index contributed by atoms with van der Waals surface area (Å²) >= 11 is 0. The summed E-state index contributed by atoms with van der Waals surface area (Å²) in [5.41, 5.74) is 1.79. The molecule has 0 bridgehead atoms. The van der Waals surface area contributed by atoms with E-state index in [0.29, 0.717) is 16.7 Å². The lowest BCUT2D eigenvalue weighted by Gasteiger charge is -2.23. The molecule has 0 spiro atoms. The maximum atomic E-state index is 13.8. The van der Waals surface area contributed by atoms with E-state index >= 15 is 0 Å². The van der Waals surface area contributed by atoms with Crippen LogP contribution in [0, 0.1) is 6.92 Å². The Morgan fingerprint density at radius 3 is 2.61 bits per heavy atom. The Bertz CT molecular complexity index is 1640. The Labute approximate surface area is 216 Å². The van der Waals surface area contributed by atoms with E-state index < -0.39 is 39.6 Å². The van der Waals surface area contributed by atoms with E-state index in [0.717, 1.165) is 27.9 Å². The van der Waals surface area contributed by atoms with Crippen molar-refractivity contribution >= 4 is 27.0 Å². The zero-order chi connectivity index (χ0) is 27.2. The predicted molar refractivity (Wildman–Crippen MR) is 134 cm³/mol. The van der Waals surface area contributed by atoms with Crippen molar-refractivity contribution in [2.24, 2.45) is 0 Å². The van der Waals surface area contributed by atoms with Gasteiger partial charge < -0.3 is 5.32 Å². The Morgan fingerprint density at radius 2 is 1.89 bits per heavy atom. The summed E-state index contributed by atoms with van der Waals surface area (Å²) in [5, 5.41) is 10.5. The highest BCUT2D eigenvalue weighted by molar-refractivity contribution is 7.88. The van der Waals surface area contributed by atoms with E-state index in [-0.39, 0.29) is 24.2 Å². The van der Waals surface area contributed by atoms with Gasteiger partial charge in [0.15, 0.2) is 5.65 Å². The maximum Gasteiger partial charge on any atom is 0.416 e. The van der Waals surface area contributed by atoms with E-state index in [1.807, 2.05) is 13.0 Å². The number of halogens is 3. The summed E-state index contributed by atoms with van der Waals surface area (Å²) in [5.74, 6) is -1.50. The number of alkyl halides is 3. The molecule has 1 fully saturated rings. The van der Waals surface area contributed by atoms with E-state index in [9.17, 15) is 26.4 Å². The van der Waals surface area contributed by atoms with Crippen LogP contribution >= 0.6 is 0 Å². The van der Waals surface area contributed by atoms with Crippen LogP contribution in [0.25, 0.3) is 22.3 Å². The fourth-order valence-electron chi connectivity index (χ4n) is 4.77. The highest BCUT2D eigenvalue weighted by atomic mass is 32.2. The van der Waals surface area contributed by atoms with Crippen LogP contribution in [0.15, 0.2) is 54.9 Å². The SMILES string of the molecule is Cc1cc(-c2n[nH]c3ncc(C(=O)N[C@H]4CN(S(C)(=O)=O)C[C@@H]4c4ccccc4C(F)(F)F)cc23)ccn1. The first-order valence-electron chi connectivity index (χ1n) is 11.6. The molecule has 1 aliphatic rings. The van der Waals surface area contributed by atoms with Crippen molar-refractivity contribution in [2.45, 2.75) is 25.1 Å². The van der Waals surface area contributed by atoms with Crippen LogP contribution in [-0.2, 0) is 16.2 Å². The molecule has 1 aliphatic heterocycles. The second kappa shape index (κ2) is 9.48. The van der Waals surface area contributed by atoms with E-state index in [1.54, 1.807) is 18.3 Å². The summed E-state index contributed by atoms with van der Waals surface area (Å²) in [4.78, 5) is 21.7. The van der Waals surface area contributed by atoms with Crippen molar-refractivity contribution in [2.75, 3.05) is 19.3 Å². The number of hydrogen-bond donors (Lipinski definition) is 2. The maximum absolute atomic E-state index is 13.8. The molecule has 1 amide bonds. The Balaban J connectivity index is 1.48. The smallest absolute Gasteiger partial charge is 0.347 e. The largest absolute Gasteiger partial charge is 0.416 e. The molecule has 2 atom stereocenters. The molecule has 5 rings (SSSR count). The third kappa shape index (κ3) is 4.98. The topological polar surface area (TPSA) is 121 Å². The van der Waals surface area contributed by atoms with Crippen LogP contribution in [0.2, 0.25) is 0 Å². The number of amides is 1. The van der Waals surface area contributed by atoms with Gasteiger partial charge in [0.25, 0.3) is 5.91 Å². The molecule has 0 aliphatic carbocycles. The van der Waals surface area contributed by atoms with Crippen molar-refractivity contribution in [3.63, 3.8) is 0 Å². The standard InChI is InChI=1S/C25H23F3N6O3S/c1-14-9-15(7-8-29-14)22-18-10-16(11-30-23(18)33-32-22)24(35)31-21-13-34(38(2,36)37)12-19(21)17-5-3-4-6-20(17)25(26,27)28/h3-11,19,21H,12-13H2,1-2H3,(H,31,35)(H,30,32,33)/t19-,21+/m1/s1. The molecule has 1 saturated heterocycles. The van der Waals surface area contributed by atoms with Gasteiger partial charge in [-0.2, -0.15) is 22.6 Å². The van der Waals surface area contributed by atoms with Crippen molar-refractivity contribution in [1.29, 1.82) is 0 Å². The van der Waals surface area contributed by atoms with Gasteiger partial charge in [-0.05, 0) is 36.8 Å². The molecule has 1 aromatic carbocycles. The first kappa shape index (κ1) is 25.8. The van der Waals surface area contributed by atoms with Crippen LogP contribution in [0.1, 0.15) is 33.1 Å². The Morgan fingerprint density at radius 1 is 1.13 bits per heavy atom. The van der Waals surface area contributed by atoms with Crippen LogP contribution in [0.3, 0.4) is 0 Å². The number of pyridine rings is 2. The van der Waals surface area contributed by atoms with E-state index in [4.69, 9.17) is 0 Å². The minimum Gasteiger partial charge on any atom is -0.347 e. The van der Waals surface area contributed by atoms with Crippen molar-refractivity contribution in [1.82, 2.24) is 29.8 Å². The van der Waals surface area contributed by atoms with Gasteiger partial charge in [0.05, 0.1) is 23.4 Å². The third-order valence-corrected chi connectivity index (χ3v) is 7.82. The van der Waals surface area contributed by atoms with Gasteiger partial charge in [-0.3, -0.25) is 14.9 Å². The lowest BCUT2D eigenvalue weighted by atomic mass is 9.90.